The van der Waals surface area contributed by atoms with E-state index >= 15 is 0 Å². The number of fused-ring (bicyclic) bond motifs is 1. The fraction of sp³-hybridized carbons (Fsp3) is 0.333. The summed E-state index contributed by atoms with van der Waals surface area (Å²) < 4.78 is 5.84. The van der Waals surface area contributed by atoms with Crippen LogP contribution in [0.2, 0.25) is 0 Å². The SMILES string of the molecule is CC1(NC(=O)c2[nH]ncc2Br)CCCN(C(=O)c2ccc3sncc3c2)C1. The summed E-state index contributed by atoms with van der Waals surface area (Å²) in [5.41, 5.74) is 0.536. The van der Waals surface area contributed by atoms with Gasteiger partial charge in [0.1, 0.15) is 5.69 Å². The van der Waals surface area contributed by atoms with E-state index in [1.807, 2.05) is 30.0 Å². The van der Waals surface area contributed by atoms with Gasteiger partial charge in [-0.05, 0) is 65.4 Å². The monoisotopic (exact) mass is 447 g/mol. The van der Waals surface area contributed by atoms with Gasteiger partial charge in [-0.1, -0.05) is 0 Å². The number of nitrogens with zero attached hydrogens (tertiary/aromatic N) is 3. The molecule has 2 N–H and O–H groups in total. The highest BCUT2D eigenvalue weighted by Gasteiger charge is 2.35. The minimum absolute atomic E-state index is 0.0222. The second kappa shape index (κ2) is 7.05. The first-order chi connectivity index (χ1) is 13.0. The molecule has 1 unspecified atom stereocenters. The molecule has 0 radical (unpaired) electrons. The molecule has 9 heteroatoms. The molecule has 4 rings (SSSR count). The van der Waals surface area contributed by atoms with Crippen LogP contribution in [-0.4, -0.2) is 49.9 Å². The van der Waals surface area contributed by atoms with Gasteiger partial charge in [-0.15, -0.1) is 0 Å². The normalized spacial score (nSPS) is 20.0. The van der Waals surface area contributed by atoms with Gasteiger partial charge in [-0.25, -0.2) is 0 Å². The smallest absolute Gasteiger partial charge is 0.270 e. The van der Waals surface area contributed by atoms with Crippen molar-refractivity contribution in [2.24, 2.45) is 0 Å². The first-order valence-corrected chi connectivity index (χ1v) is 10.2. The molecule has 2 amide bonds. The fourth-order valence-corrected chi connectivity index (χ4v) is 4.47. The summed E-state index contributed by atoms with van der Waals surface area (Å²) in [4.78, 5) is 27.3. The maximum absolute atomic E-state index is 13.0. The Balaban J connectivity index is 1.50. The predicted octanol–water partition coefficient (Wildman–Crippen LogP) is 3.21. The molecule has 1 fully saturated rings. The number of aromatic nitrogens is 3. The summed E-state index contributed by atoms with van der Waals surface area (Å²) in [5.74, 6) is -0.257. The molecule has 0 aliphatic carbocycles. The minimum Gasteiger partial charge on any atom is -0.344 e. The average molecular weight is 448 g/mol. The number of piperidine rings is 1. The van der Waals surface area contributed by atoms with E-state index in [0.29, 0.717) is 28.8 Å². The number of rotatable bonds is 3. The van der Waals surface area contributed by atoms with Gasteiger partial charge in [0.05, 0.1) is 20.9 Å². The van der Waals surface area contributed by atoms with Crippen LogP contribution in [-0.2, 0) is 0 Å². The van der Waals surface area contributed by atoms with Crippen molar-refractivity contribution in [1.82, 2.24) is 24.8 Å². The van der Waals surface area contributed by atoms with Crippen LogP contribution < -0.4 is 5.32 Å². The Kier molecular flexibility index (Phi) is 4.73. The number of halogens is 1. The minimum atomic E-state index is -0.496. The Morgan fingerprint density at radius 2 is 2.22 bits per heavy atom. The van der Waals surface area contributed by atoms with Crippen molar-refractivity contribution in [3.8, 4) is 0 Å². The van der Waals surface area contributed by atoms with E-state index in [1.165, 1.54) is 11.5 Å². The van der Waals surface area contributed by atoms with Crippen molar-refractivity contribution in [3.05, 3.63) is 46.3 Å². The van der Waals surface area contributed by atoms with E-state index in [9.17, 15) is 9.59 Å². The van der Waals surface area contributed by atoms with Gasteiger partial charge in [-0.2, -0.15) is 9.47 Å². The van der Waals surface area contributed by atoms with E-state index in [4.69, 9.17) is 0 Å². The fourth-order valence-electron chi connectivity index (χ4n) is 3.47. The molecular formula is C18H18BrN5O2S. The summed E-state index contributed by atoms with van der Waals surface area (Å²) in [7, 11) is 0. The molecule has 1 atom stereocenters. The third-order valence-corrected chi connectivity index (χ3v) is 6.20. The highest BCUT2D eigenvalue weighted by molar-refractivity contribution is 9.10. The maximum Gasteiger partial charge on any atom is 0.270 e. The molecule has 140 valence electrons. The second-order valence-electron chi connectivity index (χ2n) is 7.02. The van der Waals surface area contributed by atoms with Crippen molar-refractivity contribution < 1.29 is 9.59 Å². The topological polar surface area (TPSA) is 91.0 Å². The van der Waals surface area contributed by atoms with Gasteiger partial charge in [0.15, 0.2) is 0 Å². The van der Waals surface area contributed by atoms with Gasteiger partial charge < -0.3 is 10.2 Å². The molecule has 3 aromatic rings. The Labute approximate surface area is 168 Å². The summed E-state index contributed by atoms with van der Waals surface area (Å²) in [6.45, 7) is 3.11. The Morgan fingerprint density at radius 3 is 3.00 bits per heavy atom. The Bertz CT molecular complexity index is 1020. The number of hydrogen-bond acceptors (Lipinski definition) is 5. The highest BCUT2D eigenvalue weighted by atomic mass is 79.9. The third kappa shape index (κ3) is 3.61. The van der Waals surface area contributed by atoms with Gasteiger partial charge in [-0.3, -0.25) is 14.7 Å². The van der Waals surface area contributed by atoms with Crippen LogP contribution in [0.1, 0.15) is 40.6 Å². The van der Waals surface area contributed by atoms with Crippen molar-refractivity contribution in [1.29, 1.82) is 0 Å². The Hall–Kier alpha value is -2.26. The molecule has 1 aliphatic heterocycles. The lowest BCUT2D eigenvalue weighted by atomic mass is 9.90. The summed E-state index contributed by atoms with van der Waals surface area (Å²) in [6, 6.07) is 5.66. The molecule has 0 spiro atoms. The standard InChI is InChI=1S/C18H18BrN5O2S/c1-18(22-16(25)15-13(19)9-20-23-15)5-2-6-24(10-18)17(26)11-3-4-14-12(7-11)8-21-27-14/h3-4,7-9H,2,5-6,10H2,1H3,(H,20,23)(H,22,25). The lowest BCUT2D eigenvalue weighted by molar-refractivity contribution is 0.0588. The van der Waals surface area contributed by atoms with E-state index in [2.05, 4.69) is 35.8 Å². The summed E-state index contributed by atoms with van der Waals surface area (Å²) >= 11 is 4.72. The molecule has 1 aromatic carbocycles. The number of amides is 2. The number of aromatic amines is 1. The average Bonchev–Trinajstić information content (AvgIpc) is 3.28. The molecular weight excluding hydrogens is 430 g/mol. The van der Waals surface area contributed by atoms with E-state index < -0.39 is 5.54 Å². The molecule has 1 aliphatic rings. The first-order valence-electron chi connectivity index (χ1n) is 8.60. The van der Waals surface area contributed by atoms with Crippen LogP contribution in [0, 0.1) is 0 Å². The lowest BCUT2D eigenvalue weighted by Crippen LogP contribution is -2.58. The molecule has 7 nitrogen and oxygen atoms in total. The predicted molar refractivity (Wildman–Crippen MR) is 107 cm³/mol. The van der Waals surface area contributed by atoms with E-state index in [0.717, 1.165) is 22.9 Å². The zero-order chi connectivity index (χ0) is 19.0. The van der Waals surface area contributed by atoms with E-state index in [-0.39, 0.29) is 11.8 Å². The van der Waals surface area contributed by atoms with Crippen molar-refractivity contribution in [2.45, 2.75) is 25.3 Å². The summed E-state index contributed by atoms with van der Waals surface area (Å²) in [6.07, 6.45) is 4.96. The van der Waals surface area contributed by atoms with Crippen molar-refractivity contribution in [3.63, 3.8) is 0 Å². The number of H-pyrrole nitrogens is 1. The number of hydrogen-bond donors (Lipinski definition) is 2. The van der Waals surface area contributed by atoms with E-state index in [1.54, 1.807) is 12.4 Å². The number of likely N-dealkylation sites (tertiary alicyclic amines) is 1. The van der Waals surface area contributed by atoms with Crippen LogP contribution in [0.5, 0.6) is 0 Å². The van der Waals surface area contributed by atoms with Gasteiger partial charge >= 0.3 is 0 Å². The van der Waals surface area contributed by atoms with Gasteiger partial charge in [0.2, 0.25) is 0 Å². The first kappa shape index (κ1) is 18.1. The number of carbonyl (C=O) groups excluding carboxylic acids is 2. The van der Waals surface area contributed by atoms with Crippen molar-refractivity contribution >= 4 is 49.4 Å². The molecule has 1 saturated heterocycles. The number of benzene rings is 1. The number of nitrogens with one attached hydrogen (secondary N) is 2. The van der Waals surface area contributed by atoms with Gasteiger partial charge in [0.25, 0.3) is 11.8 Å². The van der Waals surface area contributed by atoms with Crippen LogP contribution in [0.3, 0.4) is 0 Å². The molecule has 3 heterocycles. The molecule has 0 bridgehead atoms. The van der Waals surface area contributed by atoms with Crippen LogP contribution >= 0.6 is 27.5 Å². The zero-order valence-electron chi connectivity index (χ0n) is 14.7. The van der Waals surface area contributed by atoms with Crippen LogP contribution in [0.4, 0.5) is 0 Å². The molecule has 27 heavy (non-hydrogen) atoms. The maximum atomic E-state index is 13.0. The quantitative estimate of drug-likeness (QED) is 0.644. The van der Waals surface area contributed by atoms with Crippen LogP contribution in [0.15, 0.2) is 35.1 Å². The van der Waals surface area contributed by atoms with Gasteiger partial charge in [0, 0.05) is 30.2 Å². The number of carbonyl (C=O) groups is 2. The lowest BCUT2D eigenvalue weighted by Gasteiger charge is -2.41. The molecule has 2 aromatic heterocycles. The zero-order valence-corrected chi connectivity index (χ0v) is 17.1. The largest absolute Gasteiger partial charge is 0.344 e. The van der Waals surface area contributed by atoms with Crippen molar-refractivity contribution in [2.75, 3.05) is 13.1 Å². The van der Waals surface area contributed by atoms with Crippen LogP contribution in [0.25, 0.3) is 10.1 Å². The third-order valence-electron chi connectivity index (χ3n) is 4.82. The Morgan fingerprint density at radius 1 is 1.37 bits per heavy atom. The second-order valence-corrected chi connectivity index (χ2v) is 8.70. The molecule has 0 saturated carbocycles. The summed E-state index contributed by atoms with van der Waals surface area (Å²) in [5, 5.41) is 10.6. The highest BCUT2D eigenvalue weighted by Crippen LogP contribution is 2.25.